The van der Waals surface area contributed by atoms with Gasteiger partial charge in [-0.25, -0.2) is 8.78 Å². The summed E-state index contributed by atoms with van der Waals surface area (Å²) in [6.07, 6.45) is 4.59. The van der Waals surface area contributed by atoms with Gasteiger partial charge in [0.2, 0.25) is 5.79 Å². The van der Waals surface area contributed by atoms with Crippen molar-refractivity contribution < 1.29 is 32.8 Å². The second kappa shape index (κ2) is 6.17. The summed E-state index contributed by atoms with van der Waals surface area (Å²) in [5.74, 6) is -1.90. The lowest BCUT2D eigenvalue weighted by Gasteiger charge is -2.64. The molecule has 2 spiro atoms. The summed E-state index contributed by atoms with van der Waals surface area (Å²) in [5.41, 5.74) is -4.12. The van der Waals surface area contributed by atoms with Gasteiger partial charge in [-0.2, -0.15) is 0 Å². The summed E-state index contributed by atoms with van der Waals surface area (Å²) >= 11 is 0. The highest BCUT2D eigenvalue weighted by Gasteiger charge is 2.82. The van der Waals surface area contributed by atoms with E-state index in [1.54, 1.807) is 13.0 Å². The van der Waals surface area contributed by atoms with Crippen LogP contribution < -0.4 is 0 Å². The van der Waals surface area contributed by atoms with Gasteiger partial charge in [-0.3, -0.25) is 0 Å². The summed E-state index contributed by atoms with van der Waals surface area (Å²) in [6.45, 7) is 6.31. The van der Waals surface area contributed by atoms with Crippen LogP contribution in [0, 0.1) is 28.6 Å². The predicted octanol–water partition coefficient (Wildman–Crippen LogP) is 3.82. The predicted molar refractivity (Wildman–Crippen MR) is 107 cm³/mol. The fraction of sp³-hybridized carbons (Fsp3) is 0.833. The Morgan fingerprint density at radius 3 is 2.61 bits per heavy atom. The number of fused-ring (bicyclic) bond motifs is 7. The number of allylic oxidation sites excluding steroid dienone is 4. The Balaban J connectivity index is 1.50. The van der Waals surface area contributed by atoms with Crippen LogP contribution in [0.25, 0.3) is 0 Å². The molecule has 10 atom stereocenters. The minimum Gasteiger partial charge on any atom is -0.390 e. The molecule has 0 bridgehead atoms. The van der Waals surface area contributed by atoms with Crippen LogP contribution in [0.4, 0.5) is 8.78 Å². The Hall–Kier alpha value is -0.860. The number of halogens is 2. The molecule has 0 amide bonds. The lowest BCUT2D eigenvalue weighted by Crippen LogP contribution is -2.72. The van der Waals surface area contributed by atoms with Gasteiger partial charge in [0.05, 0.1) is 6.10 Å². The summed E-state index contributed by atoms with van der Waals surface area (Å²) in [4.78, 5) is 0. The average Bonchev–Trinajstić information content (AvgIpc) is 3.41. The van der Waals surface area contributed by atoms with E-state index in [4.69, 9.17) is 18.9 Å². The first kappa shape index (κ1) is 20.7. The van der Waals surface area contributed by atoms with Crippen LogP contribution in [0.2, 0.25) is 0 Å². The van der Waals surface area contributed by atoms with Crippen LogP contribution in [-0.2, 0) is 18.9 Å². The Morgan fingerprint density at radius 2 is 1.87 bits per heavy atom. The van der Waals surface area contributed by atoms with Crippen LogP contribution in [0.15, 0.2) is 23.8 Å². The molecule has 1 N–H and O–H groups in total. The highest BCUT2D eigenvalue weighted by molar-refractivity contribution is 5.41. The number of rotatable bonds is 0. The molecule has 5 fully saturated rings. The molecule has 0 aromatic rings. The average molecular weight is 439 g/mol. The molecule has 0 aromatic carbocycles. The maximum absolute atomic E-state index is 17.2. The van der Waals surface area contributed by atoms with Gasteiger partial charge in [0.25, 0.3) is 0 Å². The number of aliphatic hydroxyl groups is 1. The van der Waals surface area contributed by atoms with Crippen molar-refractivity contribution in [1.29, 1.82) is 0 Å². The molecule has 2 aliphatic heterocycles. The van der Waals surface area contributed by atoms with Gasteiger partial charge in [-0.15, -0.1) is 0 Å². The van der Waals surface area contributed by atoms with Gasteiger partial charge in [0, 0.05) is 16.7 Å². The lowest BCUT2D eigenvalue weighted by molar-refractivity contribution is -0.278. The topological polar surface area (TPSA) is 57.2 Å². The van der Waals surface area contributed by atoms with E-state index in [0.717, 1.165) is 0 Å². The maximum atomic E-state index is 17.2. The van der Waals surface area contributed by atoms with E-state index >= 15 is 8.78 Å². The molecule has 6 rings (SSSR count). The van der Waals surface area contributed by atoms with Crippen LogP contribution >= 0.6 is 0 Å². The minimum absolute atomic E-state index is 0.0223. The number of ether oxygens (including phenoxy) is 4. The quantitative estimate of drug-likeness (QED) is 0.583. The molecule has 6 aliphatic rings. The number of aliphatic hydroxyl groups excluding tert-OH is 1. The highest BCUT2D eigenvalue weighted by Crippen LogP contribution is 2.74. The van der Waals surface area contributed by atoms with Crippen molar-refractivity contribution in [3.8, 4) is 0 Å². The molecule has 31 heavy (non-hydrogen) atoms. The fourth-order valence-corrected chi connectivity index (χ4v) is 8.88. The third-order valence-corrected chi connectivity index (χ3v) is 10.0. The molecular weight excluding hydrogens is 406 g/mol. The largest absolute Gasteiger partial charge is 0.390 e. The van der Waals surface area contributed by atoms with Gasteiger partial charge < -0.3 is 24.1 Å². The third kappa shape index (κ3) is 2.06. The first-order chi connectivity index (χ1) is 14.7. The monoisotopic (exact) mass is 438 g/mol. The number of hydrogen-bond acceptors (Lipinski definition) is 5. The molecular formula is C24H32F2O5. The van der Waals surface area contributed by atoms with E-state index in [9.17, 15) is 5.11 Å². The van der Waals surface area contributed by atoms with Crippen LogP contribution in [-0.4, -0.2) is 54.6 Å². The molecule has 0 radical (unpaired) electrons. The molecule has 4 aliphatic carbocycles. The number of alkyl halides is 2. The Labute approximate surface area is 181 Å². The normalized spacial score (nSPS) is 60.2. The fourth-order valence-electron chi connectivity index (χ4n) is 8.88. The molecule has 3 saturated carbocycles. The van der Waals surface area contributed by atoms with Gasteiger partial charge in [0.15, 0.2) is 19.3 Å². The number of hydrogen-bond donors (Lipinski definition) is 1. The van der Waals surface area contributed by atoms with Crippen LogP contribution in [0.5, 0.6) is 0 Å². The second-order valence-electron chi connectivity index (χ2n) is 11.0. The Bertz CT molecular complexity index is 849. The summed E-state index contributed by atoms with van der Waals surface area (Å²) in [5, 5.41) is 11.5. The van der Waals surface area contributed by atoms with Crippen LogP contribution in [0.3, 0.4) is 0 Å². The lowest BCUT2D eigenvalue weighted by atomic mass is 9.44. The van der Waals surface area contributed by atoms with E-state index in [0.29, 0.717) is 18.4 Å². The van der Waals surface area contributed by atoms with E-state index < -0.39 is 46.1 Å². The van der Waals surface area contributed by atoms with Gasteiger partial charge in [-0.1, -0.05) is 32.1 Å². The molecule has 172 valence electrons. The van der Waals surface area contributed by atoms with E-state index in [1.165, 1.54) is 0 Å². The zero-order chi connectivity index (χ0) is 21.9. The van der Waals surface area contributed by atoms with Crippen molar-refractivity contribution in [1.82, 2.24) is 0 Å². The molecule has 5 nitrogen and oxygen atoms in total. The van der Waals surface area contributed by atoms with Gasteiger partial charge in [-0.05, 0) is 50.0 Å². The molecule has 1 unspecified atom stereocenters. The van der Waals surface area contributed by atoms with E-state index in [1.807, 2.05) is 12.2 Å². The van der Waals surface area contributed by atoms with Crippen molar-refractivity contribution in [2.24, 2.45) is 28.6 Å². The standard InChI is InChI=1S/C24H32F2O5/c1-14-8-16-17-9-18(25)15-6-4-5-7-20(15,2)23(17,26)19(27)10-21(16,3)24(14)22(30-13-31-24)11-28-12-29-22/h5-7,14,16-19,27H,4,8-13H2,1-3H3/t14-,16-,17-,18-,19-,20-,21-,22?,23-,24+/m0/s1. The first-order valence-electron chi connectivity index (χ1n) is 11.6. The van der Waals surface area contributed by atoms with Crippen molar-refractivity contribution in [2.45, 2.75) is 75.8 Å². The molecule has 2 heterocycles. The van der Waals surface area contributed by atoms with Crippen molar-refractivity contribution in [3.63, 3.8) is 0 Å². The summed E-state index contributed by atoms with van der Waals surface area (Å²) < 4.78 is 56.7. The first-order valence-corrected chi connectivity index (χ1v) is 11.6. The Kier molecular flexibility index (Phi) is 4.13. The van der Waals surface area contributed by atoms with Crippen LogP contribution in [0.1, 0.15) is 46.5 Å². The van der Waals surface area contributed by atoms with Crippen molar-refractivity contribution in [2.75, 3.05) is 20.2 Å². The molecule has 2 saturated heterocycles. The third-order valence-electron chi connectivity index (χ3n) is 10.0. The van der Waals surface area contributed by atoms with Gasteiger partial charge in [0.1, 0.15) is 18.4 Å². The summed E-state index contributed by atoms with van der Waals surface area (Å²) in [6, 6.07) is 0. The maximum Gasteiger partial charge on any atom is 0.227 e. The SMILES string of the molecule is C[C@H]1C[C@H]2[C@@H]3C[C@H](F)C4=CCC=C[C@]4(C)[C@@]3(F)[C@@H](O)C[C@]2(C)[C@]12OCOC21COCO1. The van der Waals surface area contributed by atoms with Gasteiger partial charge >= 0.3 is 0 Å². The van der Waals surface area contributed by atoms with Crippen molar-refractivity contribution >= 4 is 0 Å². The van der Waals surface area contributed by atoms with Crippen molar-refractivity contribution in [3.05, 3.63) is 23.8 Å². The van der Waals surface area contributed by atoms with E-state index in [2.05, 4.69) is 13.8 Å². The smallest absolute Gasteiger partial charge is 0.227 e. The highest BCUT2D eigenvalue weighted by atomic mass is 19.1. The summed E-state index contributed by atoms with van der Waals surface area (Å²) in [7, 11) is 0. The zero-order valence-corrected chi connectivity index (χ0v) is 18.4. The molecule has 7 heteroatoms. The zero-order valence-electron chi connectivity index (χ0n) is 18.4. The minimum atomic E-state index is -1.94. The molecule has 0 aromatic heterocycles. The second-order valence-corrected chi connectivity index (χ2v) is 11.0. The van der Waals surface area contributed by atoms with E-state index in [-0.39, 0.29) is 44.9 Å². The Morgan fingerprint density at radius 1 is 1.10 bits per heavy atom.